The zero-order chi connectivity index (χ0) is 15.4. The molecule has 3 rings (SSSR count). The van der Waals surface area contributed by atoms with Gasteiger partial charge in [0, 0.05) is 0 Å². The number of esters is 1. The summed E-state index contributed by atoms with van der Waals surface area (Å²) in [4.78, 5) is 12.3. The maximum atomic E-state index is 12.3. The Morgan fingerprint density at radius 1 is 1.23 bits per heavy atom. The molecule has 1 saturated heterocycles. The Morgan fingerprint density at radius 3 is 2.50 bits per heavy atom. The summed E-state index contributed by atoms with van der Waals surface area (Å²) in [7, 11) is 0. The minimum atomic E-state index is -0.406. The minimum absolute atomic E-state index is 0.00699. The van der Waals surface area contributed by atoms with Crippen LogP contribution in [-0.2, 0) is 19.0 Å². The van der Waals surface area contributed by atoms with Crippen molar-refractivity contribution in [2.45, 2.75) is 43.4 Å². The van der Waals surface area contributed by atoms with Crippen molar-refractivity contribution in [3.8, 4) is 0 Å². The van der Waals surface area contributed by atoms with Crippen LogP contribution in [0.1, 0.15) is 32.6 Å². The SMILES string of the molecule is CC(OC(=O)C1CCC2(CC1)OCCO2)[Se]c1ccccc1. The van der Waals surface area contributed by atoms with Crippen LogP contribution in [0.25, 0.3) is 0 Å². The molecule has 2 fully saturated rings. The molecule has 1 aliphatic heterocycles. The van der Waals surface area contributed by atoms with Crippen LogP contribution in [0, 0.1) is 5.92 Å². The third-order valence-electron chi connectivity index (χ3n) is 4.22. The Balaban J connectivity index is 1.46. The summed E-state index contributed by atoms with van der Waals surface area (Å²) in [6.45, 7) is 3.33. The molecule has 0 radical (unpaired) electrons. The van der Waals surface area contributed by atoms with Crippen LogP contribution in [-0.4, -0.2) is 44.9 Å². The Bertz CT molecular complexity index is 489. The first kappa shape index (κ1) is 16.0. The van der Waals surface area contributed by atoms with E-state index in [1.54, 1.807) is 0 Å². The number of hydrogen-bond acceptors (Lipinski definition) is 4. The summed E-state index contributed by atoms with van der Waals surface area (Å²) in [5.74, 6) is -0.471. The van der Waals surface area contributed by atoms with Gasteiger partial charge in [-0.05, 0) is 0 Å². The van der Waals surface area contributed by atoms with Gasteiger partial charge in [-0.3, -0.25) is 0 Å². The standard InChI is InChI=1S/C17H22O4Se/c1-13(22-15-5-3-2-4-6-15)21-16(18)14-7-9-17(10-8-14)19-11-12-20-17/h2-6,13-14H,7-12H2,1H3. The molecule has 2 aliphatic rings. The van der Waals surface area contributed by atoms with E-state index in [1.165, 1.54) is 4.46 Å². The Kier molecular flexibility index (Phi) is 5.19. The summed E-state index contributed by atoms with van der Waals surface area (Å²) >= 11 is 0.157. The van der Waals surface area contributed by atoms with Crippen LogP contribution in [0.4, 0.5) is 0 Å². The van der Waals surface area contributed by atoms with Gasteiger partial charge in [-0.2, -0.15) is 0 Å². The second kappa shape index (κ2) is 7.14. The van der Waals surface area contributed by atoms with Gasteiger partial charge in [-0.25, -0.2) is 0 Å². The average Bonchev–Trinajstić information content (AvgIpc) is 2.97. The molecule has 0 bridgehead atoms. The van der Waals surface area contributed by atoms with Crippen molar-refractivity contribution in [1.29, 1.82) is 0 Å². The number of benzene rings is 1. The molecule has 120 valence electrons. The van der Waals surface area contributed by atoms with Crippen molar-refractivity contribution in [2.75, 3.05) is 13.2 Å². The fraction of sp³-hybridized carbons (Fsp3) is 0.588. The first-order valence-corrected chi connectivity index (χ1v) is 9.72. The normalized spacial score (nSPS) is 22.6. The summed E-state index contributed by atoms with van der Waals surface area (Å²) in [5.41, 5.74) is 0. The van der Waals surface area contributed by atoms with Gasteiger partial charge in [0.25, 0.3) is 0 Å². The molecule has 4 nitrogen and oxygen atoms in total. The van der Waals surface area contributed by atoms with Crippen LogP contribution in [0.5, 0.6) is 0 Å². The van der Waals surface area contributed by atoms with Gasteiger partial charge in [0.1, 0.15) is 0 Å². The van der Waals surface area contributed by atoms with E-state index < -0.39 is 5.79 Å². The van der Waals surface area contributed by atoms with E-state index in [1.807, 2.05) is 25.1 Å². The van der Waals surface area contributed by atoms with Crippen LogP contribution < -0.4 is 4.46 Å². The van der Waals surface area contributed by atoms with E-state index in [-0.39, 0.29) is 31.8 Å². The molecule has 0 amide bonds. The van der Waals surface area contributed by atoms with Gasteiger partial charge in [0.2, 0.25) is 0 Å². The Morgan fingerprint density at radius 2 is 1.86 bits per heavy atom. The first-order valence-electron chi connectivity index (χ1n) is 7.87. The zero-order valence-corrected chi connectivity index (χ0v) is 14.5. The monoisotopic (exact) mass is 370 g/mol. The maximum absolute atomic E-state index is 12.3. The van der Waals surface area contributed by atoms with E-state index in [2.05, 4.69) is 12.1 Å². The Hall–Kier alpha value is -0.871. The van der Waals surface area contributed by atoms with E-state index >= 15 is 0 Å². The third-order valence-corrected chi connectivity index (χ3v) is 6.26. The van der Waals surface area contributed by atoms with Gasteiger partial charge in [-0.1, -0.05) is 0 Å². The number of hydrogen-bond donors (Lipinski definition) is 0. The molecule has 0 N–H and O–H groups in total. The summed E-state index contributed by atoms with van der Waals surface area (Å²) in [5, 5.41) is -0.0303. The van der Waals surface area contributed by atoms with Crippen molar-refractivity contribution in [3.63, 3.8) is 0 Å². The number of ether oxygens (including phenoxy) is 3. The van der Waals surface area contributed by atoms with E-state index in [4.69, 9.17) is 14.2 Å². The molecule has 1 spiro atoms. The van der Waals surface area contributed by atoms with Crippen LogP contribution in [0.3, 0.4) is 0 Å². The third kappa shape index (κ3) is 3.90. The predicted molar refractivity (Wildman–Crippen MR) is 84.0 cm³/mol. The average molecular weight is 369 g/mol. The second-order valence-electron chi connectivity index (χ2n) is 5.82. The quantitative estimate of drug-likeness (QED) is 0.600. The van der Waals surface area contributed by atoms with Crippen molar-refractivity contribution in [2.24, 2.45) is 5.92 Å². The number of carbonyl (C=O) groups is 1. The molecular formula is C17H22O4Se. The molecule has 1 aromatic rings. The van der Waals surface area contributed by atoms with Crippen molar-refractivity contribution in [1.82, 2.24) is 0 Å². The van der Waals surface area contributed by atoms with E-state index in [0.717, 1.165) is 25.7 Å². The molecule has 1 heterocycles. The van der Waals surface area contributed by atoms with Gasteiger partial charge in [0.15, 0.2) is 0 Å². The fourth-order valence-corrected chi connectivity index (χ4v) is 4.82. The van der Waals surface area contributed by atoms with Crippen molar-refractivity contribution >= 4 is 25.4 Å². The number of carbonyl (C=O) groups excluding carboxylic acids is 1. The summed E-state index contributed by atoms with van der Waals surface area (Å²) in [6.07, 6.45) is 3.18. The molecule has 0 aromatic heterocycles. The molecule has 5 heteroatoms. The predicted octanol–water partition coefficient (Wildman–Crippen LogP) is 1.84. The number of rotatable bonds is 4. The van der Waals surface area contributed by atoms with E-state index in [0.29, 0.717) is 13.2 Å². The topological polar surface area (TPSA) is 44.8 Å². The van der Waals surface area contributed by atoms with E-state index in [9.17, 15) is 4.79 Å². The van der Waals surface area contributed by atoms with Gasteiger partial charge < -0.3 is 0 Å². The van der Waals surface area contributed by atoms with Crippen molar-refractivity contribution < 1.29 is 19.0 Å². The molecule has 1 atom stereocenters. The van der Waals surface area contributed by atoms with Crippen LogP contribution >= 0.6 is 0 Å². The molecule has 1 aromatic carbocycles. The van der Waals surface area contributed by atoms with Gasteiger partial charge in [0.05, 0.1) is 0 Å². The molecule has 1 unspecified atom stereocenters. The molecule has 22 heavy (non-hydrogen) atoms. The van der Waals surface area contributed by atoms with Crippen LogP contribution in [0.15, 0.2) is 30.3 Å². The van der Waals surface area contributed by atoms with Crippen molar-refractivity contribution in [3.05, 3.63) is 30.3 Å². The van der Waals surface area contributed by atoms with Gasteiger partial charge >= 0.3 is 137 Å². The van der Waals surface area contributed by atoms with Crippen LogP contribution in [0.2, 0.25) is 0 Å². The second-order valence-corrected chi connectivity index (χ2v) is 8.69. The first-order chi connectivity index (χ1) is 10.7. The molecule has 1 aliphatic carbocycles. The fourth-order valence-electron chi connectivity index (χ4n) is 3.05. The summed E-state index contributed by atoms with van der Waals surface area (Å²) in [6, 6.07) is 10.2. The molecular weight excluding hydrogens is 347 g/mol. The summed E-state index contributed by atoms with van der Waals surface area (Å²) < 4.78 is 18.3. The van der Waals surface area contributed by atoms with Gasteiger partial charge in [-0.15, -0.1) is 0 Å². The molecule has 1 saturated carbocycles. The zero-order valence-electron chi connectivity index (χ0n) is 12.8. The Labute approximate surface area is 137 Å².